The summed E-state index contributed by atoms with van der Waals surface area (Å²) in [6.07, 6.45) is 3.17. The monoisotopic (exact) mass is 417 g/mol. The fourth-order valence-corrected chi connectivity index (χ4v) is 3.93. The maximum Gasteiger partial charge on any atom is 0.410 e. The summed E-state index contributed by atoms with van der Waals surface area (Å²) in [4.78, 5) is 30.4. The highest BCUT2D eigenvalue weighted by Gasteiger charge is 2.30. The zero-order valence-electron chi connectivity index (χ0n) is 18.7. The largest absolute Gasteiger partial charge is 0.494 e. The predicted molar refractivity (Wildman–Crippen MR) is 117 cm³/mol. The predicted octanol–water partition coefficient (Wildman–Crippen LogP) is 3.52. The first-order chi connectivity index (χ1) is 14.2. The molecule has 2 fully saturated rings. The molecule has 0 saturated carbocycles. The SMILES string of the molecule is C[C@H]1CCCN1CCCOc1ccc(N2CCN(C(=O)OC(C)(C)C)CC2=O)cc1. The van der Waals surface area contributed by atoms with Crippen molar-refractivity contribution in [2.24, 2.45) is 0 Å². The molecule has 30 heavy (non-hydrogen) atoms. The van der Waals surface area contributed by atoms with Gasteiger partial charge in [0.15, 0.2) is 0 Å². The van der Waals surface area contributed by atoms with E-state index in [1.54, 1.807) is 4.90 Å². The molecule has 0 N–H and O–H groups in total. The van der Waals surface area contributed by atoms with Crippen LogP contribution in [0.2, 0.25) is 0 Å². The van der Waals surface area contributed by atoms with Gasteiger partial charge in [-0.3, -0.25) is 9.69 Å². The molecule has 2 amide bonds. The van der Waals surface area contributed by atoms with E-state index in [1.807, 2.05) is 45.0 Å². The molecular weight excluding hydrogens is 382 g/mol. The summed E-state index contributed by atoms with van der Waals surface area (Å²) in [7, 11) is 0. The molecular formula is C23H35N3O4. The molecule has 0 radical (unpaired) electrons. The van der Waals surface area contributed by atoms with Crippen LogP contribution in [0.25, 0.3) is 0 Å². The Balaban J connectivity index is 1.44. The number of hydrogen-bond donors (Lipinski definition) is 0. The van der Waals surface area contributed by atoms with E-state index in [0.717, 1.165) is 24.4 Å². The van der Waals surface area contributed by atoms with E-state index in [-0.39, 0.29) is 12.5 Å². The van der Waals surface area contributed by atoms with E-state index < -0.39 is 11.7 Å². The van der Waals surface area contributed by atoms with Gasteiger partial charge in [-0.25, -0.2) is 4.79 Å². The van der Waals surface area contributed by atoms with Gasteiger partial charge in [-0.1, -0.05) is 0 Å². The number of piperazine rings is 1. The van der Waals surface area contributed by atoms with Crippen LogP contribution >= 0.6 is 0 Å². The highest BCUT2D eigenvalue weighted by atomic mass is 16.6. The summed E-state index contributed by atoms with van der Waals surface area (Å²) < 4.78 is 11.2. The zero-order chi connectivity index (χ0) is 21.7. The third-order valence-corrected chi connectivity index (χ3v) is 5.57. The smallest absolute Gasteiger partial charge is 0.410 e. The number of ether oxygens (including phenoxy) is 2. The fraction of sp³-hybridized carbons (Fsp3) is 0.652. The van der Waals surface area contributed by atoms with Crippen molar-refractivity contribution in [3.05, 3.63) is 24.3 Å². The Morgan fingerprint density at radius 3 is 2.47 bits per heavy atom. The molecule has 2 aliphatic rings. The van der Waals surface area contributed by atoms with Gasteiger partial charge in [0.25, 0.3) is 0 Å². The van der Waals surface area contributed by atoms with Crippen LogP contribution in [-0.4, -0.2) is 72.8 Å². The van der Waals surface area contributed by atoms with Gasteiger partial charge in [-0.2, -0.15) is 0 Å². The summed E-state index contributed by atoms with van der Waals surface area (Å²) in [5.41, 5.74) is 0.252. The molecule has 2 heterocycles. The first kappa shape index (κ1) is 22.4. The number of carbonyl (C=O) groups is 2. The third kappa shape index (κ3) is 6.11. The van der Waals surface area contributed by atoms with Crippen molar-refractivity contribution in [2.75, 3.05) is 44.2 Å². The molecule has 2 aliphatic heterocycles. The molecule has 0 unspecified atom stereocenters. The van der Waals surface area contributed by atoms with Crippen molar-refractivity contribution in [2.45, 2.75) is 58.6 Å². The van der Waals surface area contributed by atoms with Crippen molar-refractivity contribution in [1.82, 2.24) is 9.80 Å². The van der Waals surface area contributed by atoms with E-state index in [1.165, 1.54) is 24.3 Å². The van der Waals surface area contributed by atoms with E-state index in [4.69, 9.17) is 9.47 Å². The second kappa shape index (κ2) is 9.69. The average Bonchev–Trinajstić information content (AvgIpc) is 3.09. The normalized spacial score (nSPS) is 20.5. The average molecular weight is 418 g/mol. The van der Waals surface area contributed by atoms with Crippen LogP contribution in [0.3, 0.4) is 0 Å². The van der Waals surface area contributed by atoms with Crippen molar-refractivity contribution >= 4 is 17.7 Å². The van der Waals surface area contributed by atoms with Crippen LogP contribution in [0.1, 0.15) is 47.0 Å². The molecule has 2 saturated heterocycles. The lowest BCUT2D eigenvalue weighted by molar-refractivity contribution is -0.121. The quantitative estimate of drug-likeness (QED) is 0.663. The molecule has 1 aromatic rings. The molecule has 1 atom stereocenters. The molecule has 0 aliphatic carbocycles. The van der Waals surface area contributed by atoms with Crippen molar-refractivity contribution < 1.29 is 19.1 Å². The van der Waals surface area contributed by atoms with E-state index >= 15 is 0 Å². The van der Waals surface area contributed by atoms with Crippen LogP contribution in [0.4, 0.5) is 10.5 Å². The number of amides is 2. The van der Waals surface area contributed by atoms with Crippen LogP contribution in [0.15, 0.2) is 24.3 Å². The molecule has 3 rings (SSSR count). The van der Waals surface area contributed by atoms with Gasteiger partial charge in [0.05, 0.1) is 6.61 Å². The Morgan fingerprint density at radius 2 is 1.87 bits per heavy atom. The second-order valence-electron chi connectivity index (χ2n) is 9.17. The van der Waals surface area contributed by atoms with Crippen LogP contribution in [0, 0.1) is 0 Å². The number of carbonyl (C=O) groups excluding carboxylic acids is 2. The lowest BCUT2D eigenvalue weighted by atomic mass is 10.2. The number of nitrogens with zero attached hydrogens (tertiary/aromatic N) is 3. The van der Waals surface area contributed by atoms with Gasteiger partial charge in [-0.05, 0) is 77.8 Å². The van der Waals surface area contributed by atoms with Gasteiger partial charge in [0.2, 0.25) is 5.91 Å². The number of benzene rings is 1. The van der Waals surface area contributed by atoms with Gasteiger partial charge in [0.1, 0.15) is 17.9 Å². The Labute approximate surface area is 179 Å². The van der Waals surface area contributed by atoms with Gasteiger partial charge >= 0.3 is 6.09 Å². The van der Waals surface area contributed by atoms with Gasteiger partial charge in [0, 0.05) is 31.4 Å². The van der Waals surface area contributed by atoms with E-state index in [0.29, 0.717) is 25.7 Å². The van der Waals surface area contributed by atoms with Crippen molar-refractivity contribution in [3.8, 4) is 5.75 Å². The zero-order valence-corrected chi connectivity index (χ0v) is 18.7. The highest BCUT2D eigenvalue weighted by molar-refractivity contribution is 5.97. The molecule has 7 nitrogen and oxygen atoms in total. The Bertz CT molecular complexity index is 729. The van der Waals surface area contributed by atoms with Crippen molar-refractivity contribution in [3.63, 3.8) is 0 Å². The molecule has 0 aromatic heterocycles. The number of hydrogen-bond acceptors (Lipinski definition) is 5. The Hall–Kier alpha value is -2.28. The number of anilines is 1. The fourth-order valence-electron chi connectivity index (χ4n) is 3.93. The van der Waals surface area contributed by atoms with Crippen LogP contribution in [-0.2, 0) is 9.53 Å². The van der Waals surface area contributed by atoms with E-state index in [2.05, 4.69) is 11.8 Å². The Morgan fingerprint density at radius 1 is 1.13 bits per heavy atom. The third-order valence-electron chi connectivity index (χ3n) is 5.57. The van der Waals surface area contributed by atoms with Crippen LogP contribution < -0.4 is 9.64 Å². The first-order valence-electron chi connectivity index (χ1n) is 11.0. The maximum atomic E-state index is 12.6. The molecule has 1 aromatic carbocycles. The summed E-state index contributed by atoms with van der Waals surface area (Å²) >= 11 is 0. The van der Waals surface area contributed by atoms with Gasteiger partial charge in [-0.15, -0.1) is 0 Å². The minimum atomic E-state index is -0.570. The summed E-state index contributed by atoms with van der Waals surface area (Å²) in [5.74, 6) is 0.702. The van der Waals surface area contributed by atoms with Gasteiger partial charge < -0.3 is 19.3 Å². The first-order valence-corrected chi connectivity index (χ1v) is 11.0. The summed E-state index contributed by atoms with van der Waals surface area (Å²) in [5, 5.41) is 0. The standard InChI is InChI=1S/C23H35N3O4/c1-18-7-5-12-24(18)13-6-16-29-20-10-8-19(9-11-20)26-15-14-25(17-21(26)27)22(28)30-23(2,3)4/h8-11,18H,5-7,12-17H2,1-4H3/t18-/m0/s1. The molecule has 0 spiro atoms. The Kier molecular flexibility index (Phi) is 7.23. The van der Waals surface area contributed by atoms with Crippen molar-refractivity contribution in [1.29, 1.82) is 0 Å². The van der Waals surface area contributed by atoms with Crippen LogP contribution in [0.5, 0.6) is 5.75 Å². The minimum absolute atomic E-state index is 0.0298. The minimum Gasteiger partial charge on any atom is -0.494 e. The highest BCUT2D eigenvalue weighted by Crippen LogP contribution is 2.22. The summed E-state index contributed by atoms with van der Waals surface area (Å²) in [6, 6.07) is 8.30. The molecule has 7 heteroatoms. The lowest BCUT2D eigenvalue weighted by Gasteiger charge is -2.35. The maximum absolute atomic E-state index is 12.6. The molecule has 0 bridgehead atoms. The van der Waals surface area contributed by atoms with E-state index in [9.17, 15) is 9.59 Å². The second-order valence-corrected chi connectivity index (χ2v) is 9.17. The summed E-state index contributed by atoms with van der Waals surface area (Å²) in [6.45, 7) is 11.7. The number of likely N-dealkylation sites (tertiary alicyclic amines) is 1. The topological polar surface area (TPSA) is 62.3 Å². The lowest BCUT2D eigenvalue weighted by Crippen LogP contribution is -2.53. The number of rotatable bonds is 6. The molecule has 166 valence electrons.